The zero-order valence-corrected chi connectivity index (χ0v) is 9.22. The highest BCUT2D eigenvalue weighted by Crippen LogP contribution is 2.69. The lowest BCUT2D eigenvalue weighted by molar-refractivity contribution is 0.407. The van der Waals surface area contributed by atoms with Gasteiger partial charge in [-0.15, -0.1) is 6.58 Å². The van der Waals surface area contributed by atoms with Crippen LogP contribution in [0.5, 0.6) is 0 Å². The smallest absolute Gasteiger partial charge is 0.0283 e. The minimum absolute atomic E-state index is 0.377. The first-order valence-corrected chi connectivity index (χ1v) is 4.96. The summed E-state index contributed by atoms with van der Waals surface area (Å²) in [6.07, 6.45) is 2.89. The maximum atomic E-state index is 5.54. The van der Waals surface area contributed by atoms with Gasteiger partial charge in [-0.1, -0.05) is 33.8 Å². The van der Waals surface area contributed by atoms with Crippen molar-refractivity contribution in [3.05, 3.63) is 12.7 Å². The molecule has 0 radical (unpaired) electrons. The lowest BCUT2D eigenvalue weighted by atomic mass is 10.0. The summed E-state index contributed by atoms with van der Waals surface area (Å²) in [6.45, 7) is 13.0. The molecule has 0 amide bonds. The summed E-state index contributed by atoms with van der Waals surface area (Å²) < 4.78 is 0. The first-order valence-electron chi connectivity index (χ1n) is 4.96. The Bertz CT molecular complexity index is 192. The van der Waals surface area contributed by atoms with Gasteiger partial charge in [0, 0.05) is 6.04 Å². The molecule has 0 aromatic rings. The van der Waals surface area contributed by atoms with Crippen LogP contribution in [0.2, 0.25) is 0 Å². The standard InChI is InChI=1S/C11H22N2/c1-6-7-8(13-12)9-10(2,3)11(9,4)5/h6,8-9,13H,1,7,12H2,2-5H3. The first kappa shape index (κ1) is 10.7. The predicted molar refractivity (Wildman–Crippen MR) is 57.0 cm³/mol. The Labute approximate surface area is 81.6 Å². The summed E-state index contributed by atoms with van der Waals surface area (Å²) in [5.41, 5.74) is 3.70. The Morgan fingerprint density at radius 2 is 1.85 bits per heavy atom. The maximum absolute atomic E-state index is 5.54. The average Bonchev–Trinajstić information content (AvgIpc) is 2.40. The minimum Gasteiger partial charge on any atom is -0.271 e. The van der Waals surface area contributed by atoms with Gasteiger partial charge in [0.25, 0.3) is 0 Å². The van der Waals surface area contributed by atoms with Crippen molar-refractivity contribution in [2.45, 2.75) is 40.2 Å². The molecule has 3 N–H and O–H groups in total. The molecule has 1 aliphatic carbocycles. The van der Waals surface area contributed by atoms with E-state index in [0.717, 1.165) is 6.42 Å². The highest BCUT2D eigenvalue weighted by atomic mass is 15.2. The molecule has 0 bridgehead atoms. The highest BCUT2D eigenvalue weighted by Gasteiger charge is 2.66. The van der Waals surface area contributed by atoms with Crippen LogP contribution in [0.15, 0.2) is 12.7 Å². The van der Waals surface area contributed by atoms with Gasteiger partial charge in [0.2, 0.25) is 0 Å². The van der Waals surface area contributed by atoms with Crippen molar-refractivity contribution in [2.75, 3.05) is 0 Å². The van der Waals surface area contributed by atoms with E-state index < -0.39 is 0 Å². The van der Waals surface area contributed by atoms with Crippen LogP contribution in [0.3, 0.4) is 0 Å². The predicted octanol–water partition coefficient (Wildman–Crippen LogP) is 2.08. The lowest BCUT2D eigenvalue weighted by Gasteiger charge is -2.15. The number of hydrazine groups is 1. The van der Waals surface area contributed by atoms with Crippen molar-refractivity contribution in [1.82, 2.24) is 5.43 Å². The molecular weight excluding hydrogens is 160 g/mol. The van der Waals surface area contributed by atoms with E-state index in [9.17, 15) is 0 Å². The Balaban J connectivity index is 2.69. The van der Waals surface area contributed by atoms with Gasteiger partial charge < -0.3 is 0 Å². The summed E-state index contributed by atoms with van der Waals surface area (Å²) in [5.74, 6) is 6.20. The number of nitrogens with two attached hydrogens (primary N) is 1. The molecule has 13 heavy (non-hydrogen) atoms. The molecule has 0 aliphatic heterocycles. The van der Waals surface area contributed by atoms with Gasteiger partial charge in [-0.05, 0) is 23.2 Å². The van der Waals surface area contributed by atoms with Gasteiger partial charge in [-0.25, -0.2) is 0 Å². The van der Waals surface area contributed by atoms with Crippen molar-refractivity contribution in [3.8, 4) is 0 Å². The highest BCUT2D eigenvalue weighted by molar-refractivity contribution is 5.16. The summed E-state index contributed by atoms with van der Waals surface area (Å²) in [5, 5.41) is 0. The van der Waals surface area contributed by atoms with E-state index >= 15 is 0 Å². The molecule has 0 aromatic carbocycles. The van der Waals surface area contributed by atoms with Gasteiger partial charge in [0.1, 0.15) is 0 Å². The fraction of sp³-hybridized carbons (Fsp3) is 0.818. The average molecular weight is 182 g/mol. The Kier molecular flexibility index (Phi) is 2.56. The molecule has 0 aromatic heterocycles. The van der Waals surface area contributed by atoms with Crippen LogP contribution in [-0.2, 0) is 0 Å². The van der Waals surface area contributed by atoms with Crippen molar-refractivity contribution < 1.29 is 0 Å². The van der Waals surface area contributed by atoms with E-state index in [1.54, 1.807) is 0 Å². The summed E-state index contributed by atoms with van der Waals surface area (Å²) in [6, 6.07) is 0.377. The van der Waals surface area contributed by atoms with E-state index in [2.05, 4.69) is 39.7 Å². The van der Waals surface area contributed by atoms with Gasteiger partial charge in [0.05, 0.1) is 0 Å². The third-order valence-corrected chi connectivity index (χ3v) is 4.17. The van der Waals surface area contributed by atoms with Crippen LogP contribution in [0.1, 0.15) is 34.1 Å². The molecule has 2 nitrogen and oxygen atoms in total. The molecule has 1 saturated carbocycles. The van der Waals surface area contributed by atoms with Gasteiger partial charge >= 0.3 is 0 Å². The Hall–Kier alpha value is -0.340. The Morgan fingerprint density at radius 3 is 2.08 bits per heavy atom. The molecule has 1 atom stereocenters. The molecule has 0 spiro atoms. The zero-order chi connectivity index (χ0) is 10.3. The molecular formula is C11H22N2. The quantitative estimate of drug-likeness (QED) is 0.397. The minimum atomic E-state index is 0.377. The van der Waals surface area contributed by atoms with Crippen molar-refractivity contribution >= 4 is 0 Å². The topological polar surface area (TPSA) is 38.0 Å². The Morgan fingerprint density at radius 1 is 1.38 bits per heavy atom. The van der Waals surface area contributed by atoms with Crippen molar-refractivity contribution in [1.29, 1.82) is 0 Å². The van der Waals surface area contributed by atoms with E-state index in [4.69, 9.17) is 5.84 Å². The van der Waals surface area contributed by atoms with Crippen LogP contribution in [0.4, 0.5) is 0 Å². The summed E-state index contributed by atoms with van der Waals surface area (Å²) >= 11 is 0. The van der Waals surface area contributed by atoms with Crippen molar-refractivity contribution in [3.63, 3.8) is 0 Å². The van der Waals surface area contributed by atoms with Crippen LogP contribution in [0.25, 0.3) is 0 Å². The number of rotatable bonds is 4. The number of hydrogen-bond acceptors (Lipinski definition) is 2. The molecule has 1 fully saturated rings. The van der Waals surface area contributed by atoms with Crippen LogP contribution < -0.4 is 11.3 Å². The zero-order valence-electron chi connectivity index (χ0n) is 9.22. The first-order chi connectivity index (χ1) is 5.89. The van der Waals surface area contributed by atoms with E-state index in [0.29, 0.717) is 22.8 Å². The summed E-state index contributed by atoms with van der Waals surface area (Å²) in [7, 11) is 0. The van der Waals surface area contributed by atoms with Crippen LogP contribution in [0, 0.1) is 16.7 Å². The fourth-order valence-electron chi connectivity index (χ4n) is 2.73. The van der Waals surface area contributed by atoms with E-state index in [1.807, 2.05) is 6.08 Å². The second-order valence-corrected chi connectivity index (χ2v) is 5.22. The lowest BCUT2D eigenvalue weighted by Crippen LogP contribution is -2.38. The fourth-order valence-corrected chi connectivity index (χ4v) is 2.73. The third-order valence-electron chi connectivity index (χ3n) is 4.17. The molecule has 0 saturated heterocycles. The van der Waals surface area contributed by atoms with Gasteiger partial charge in [0.15, 0.2) is 0 Å². The monoisotopic (exact) mass is 182 g/mol. The second-order valence-electron chi connectivity index (χ2n) is 5.22. The SMILES string of the molecule is C=CCC(NN)C1C(C)(C)C1(C)C. The van der Waals surface area contributed by atoms with Crippen LogP contribution in [-0.4, -0.2) is 6.04 Å². The molecule has 0 heterocycles. The van der Waals surface area contributed by atoms with Gasteiger partial charge in [-0.2, -0.15) is 0 Å². The molecule has 76 valence electrons. The van der Waals surface area contributed by atoms with Crippen LogP contribution >= 0.6 is 0 Å². The van der Waals surface area contributed by atoms with Gasteiger partial charge in [-0.3, -0.25) is 11.3 Å². The molecule has 2 heteroatoms. The molecule has 1 unspecified atom stereocenters. The number of nitrogens with one attached hydrogen (secondary N) is 1. The summed E-state index contributed by atoms with van der Waals surface area (Å²) in [4.78, 5) is 0. The largest absolute Gasteiger partial charge is 0.271 e. The van der Waals surface area contributed by atoms with Crippen molar-refractivity contribution in [2.24, 2.45) is 22.6 Å². The normalized spacial score (nSPS) is 26.8. The third kappa shape index (κ3) is 1.42. The molecule has 1 rings (SSSR count). The maximum Gasteiger partial charge on any atom is 0.0283 e. The molecule has 1 aliphatic rings. The number of hydrogen-bond donors (Lipinski definition) is 2. The van der Waals surface area contributed by atoms with E-state index in [1.165, 1.54) is 0 Å². The van der Waals surface area contributed by atoms with E-state index in [-0.39, 0.29) is 0 Å². The second kappa shape index (κ2) is 3.10.